The molecule has 118 valence electrons. The predicted molar refractivity (Wildman–Crippen MR) is 87.2 cm³/mol. The maximum atomic E-state index is 12.9. The van der Waals surface area contributed by atoms with Crippen LogP contribution >= 0.6 is 7.82 Å². The van der Waals surface area contributed by atoms with Gasteiger partial charge in [-0.15, -0.1) is 0 Å². The lowest BCUT2D eigenvalue weighted by Crippen LogP contribution is -2.07. The van der Waals surface area contributed by atoms with Crippen molar-refractivity contribution in [2.45, 2.75) is 20.3 Å². The van der Waals surface area contributed by atoms with Crippen LogP contribution in [0.25, 0.3) is 0 Å². The SMILES string of the molecule is CC(C)CCOP(=O)(Oc1ccccc1)Oc1ccccc1. The zero-order valence-corrected chi connectivity index (χ0v) is 13.7. The molecule has 0 amide bonds. The summed E-state index contributed by atoms with van der Waals surface area (Å²) in [4.78, 5) is 0. The molecule has 0 aliphatic heterocycles. The minimum atomic E-state index is -3.72. The van der Waals surface area contributed by atoms with Gasteiger partial charge in [-0.1, -0.05) is 50.2 Å². The van der Waals surface area contributed by atoms with Crippen LogP contribution in [-0.4, -0.2) is 6.61 Å². The number of rotatable bonds is 8. The van der Waals surface area contributed by atoms with Crippen molar-refractivity contribution in [3.63, 3.8) is 0 Å². The van der Waals surface area contributed by atoms with Crippen molar-refractivity contribution in [1.29, 1.82) is 0 Å². The van der Waals surface area contributed by atoms with Gasteiger partial charge < -0.3 is 9.05 Å². The highest BCUT2D eigenvalue weighted by molar-refractivity contribution is 7.49. The molecule has 2 aromatic carbocycles. The van der Waals surface area contributed by atoms with Crippen molar-refractivity contribution >= 4 is 7.82 Å². The first-order valence-electron chi connectivity index (χ1n) is 7.31. The van der Waals surface area contributed by atoms with E-state index in [-0.39, 0.29) is 0 Å². The number of benzene rings is 2. The van der Waals surface area contributed by atoms with Gasteiger partial charge in [-0.3, -0.25) is 4.52 Å². The first-order valence-corrected chi connectivity index (χ1v) is 8.77. The quantitative estimate of drug-likeness (QED) is 0.618. The molecule has 2 aromatic rings. The second-order valence-electron chi connectivity index (χ2n) is 5.27. The topological polar surface area (TPSA) is 44.8 Å². The van der Waals surface area contributed by atoms with Crippen LogP contribution < -0.4 is 9.05 Å². The summed E-state index contributed by atoms with van der Waals surface area (Å²) in [5.41, 5.74) is 0. The van der Waals surface area contributed by atoms with E-state index in [2.05, 4.69) is 13.8 Å². The largest absolute Gasteiger partial charge is 0.587 e. The highest BCUT2D eigenvalue weighted by atomic mass is 31.2. The molecule has 2 rings (SSSR count). The lowest BCUT2D eigenvalue weighted by Gasteiger charge is -2.19. The summed E-state index contributed by atoms with van der Waals surface area (Å²) < 4.78 is 29.3. The standard InChI is InChI=1S/C17H21O4P/c1-15(2)13-14-19-22(18,20-16-9-5-3-6-10-16)21-17-11-7-4-8-12-17/h3-12,15H,13-14H2,1-2H3. The second-order valence-corrected chi connectivity index (χ2v) is 6.79. The van der Waals surface area contributed by atoms with Crippen molar-refractivity contribution < 1.29 is 18.1 Å². The lowest BCUT2D eigenvalue weighted by atomic mass is 10.2. The van der Waals surface area contributed by atoms with Crippen LogP contribution in [0.4, 0.5) is 0 Å². The van der Waals surface area contributed by atoms with E-state index in [4.69, 9.17) is 13.6 Å². The maximum absolute atomic E-state index is 12.9. The summed E-state index contributed by atoms with van der Waals surface area (Å²) >= 11 is 0. The molecular formula is C17H21O4P. The minimum absolute atomic E-state index is 0.314. The number of hydrogen-bond acceptors (Lipinski definition) is 4. The predicted octanol–water partition coefficient (Wildman–Crippen LogP) is 5.32. The zero-order chi connectivity index (χ0) is 15.8. The molecule has 0 fully saturated rings. The number of para-hydroxylation sites is 2. The fourth-order valence-electron chi connectivity index (χ4n) is 1.69. The Labute approximate surface area is 131 Å². The molecule has 0 N–H and O–H groups in total. The van der Waals surface area contributed by atoms with Gasteiger partial charge in [-0.2, -0.15) is 0 Å². The summed E-state index contributed by atoms with van der Waals surface area (Å²) in [6.45, 7) is 4.46. The van der Waals surface area contributed by atoms with Crippen molar-refractivity contribution in [1.82, 2.24) is 0 Å². The van der Waals surface area contributed by atoms with Gasteiger partial charge in [0.25, 0.3) is 0 Å². The first-order chi connectivity index (χ1) is 10.6. The molecule has 0 bridgehead atoms. The Hall–Kier alpha value is -1.77. The van der Waals surface area contributed by atoms with E-state index in [1.165, 1.54) is 0 Å². The molecule has 0 aliphatic rings. The smallest absolute Gasteiger partial charge is 0.395 e. The molecule has 0 heterocycles. The van der Waals surface area contributed by atoms with Crippen LogP contribution in [0.5, 0.6) is 11.5 Å². The minimum Gasteiger partial charge on any atom is -0.395 e. The molecule has 0 saturated heterocycles. The van der Waals surface area contributed by atoms with Crippen molar-refractivity contribution in [2.24, 2.45) is 5.92 Å². The van der Waals surface area contributed by atoms with E-state index in [0.717, 1.165) is 6.42 Å². The van der Waals surface area contributed by atoms with Gasteiger partial charge in [-0.25, -0.2) is 4.57 Å². The zero-order valence-electron chi connectivity index (χ0n) is 12.8. The number of phosphoric acid groups is 1. The molecule has 0 unspecified atom stereocenters. The van der Waals surface area contributed by atoms with Gasteiger partial charge in [0, 0.05) is 0 Å². The van der Waals surface area contributed by atoms with Gasteiger partial charge in [0.05, 0.1) is 6.61 Å². The van der Waals surface area contributed by atoms with E-state index in [1.807, 2.05) is 12.1 Å². The molecule has 0 spiro atoms. The Kier molecular flexibility index (Phi) is 6.05. The van der Waals surface area contributed by atoms with Gasteiger partial charge in [-0.05, 0) is 36.6 Å². The van der Waals surface area contributed by atoms with Crippen LogP contribution in [0.2, 0.25) is 0 Å². The summed E-state index contributed by atoms with van der Waals surface area (Å²) in [6.07, 6.45) is 0.778. The Morgan fingerprint density at radius 1 is 0.864 bits per heavy atom. The van der Waals surface area contributed by atoms with E-state index < -0.39 is 7.82 Å². The Morgan fingerprint density at radius 3 is 1.73 bits per heavy atom. The third-order valence-electron chi connectivity index (χ3n) is 2.87. The van der Waals surface area contributed by atoms with Gasteiger partial charge in [0.2, 0.25) is 0 Å². The van der Waals surface area contributed by atoms with Gasteiger partial charge in [0.15, 0.2) is 0 Å². The van der Waals surface area contributed by atoms with Gasteiger partial charge >= 0.3 is 7.82 Å². The highest BCUT2D eigenvalue weighted by Crippen LogP contribution is 2.49. The molecule has 0 aliphatic carbocycles. The van der Waals surface area contributed by atoms with Crippen LogP contribution in [-0.2, 0) is 9.09 Å². The molecule has 22 heavy (non-hydrogen) atoms. The van der Waals surface area contributed by atoms with Crippen LogP contribution in [0.1, 0.15) is 20.3 Å². The van der Waals surface area contributed by atoms with E-state index in [9.17, 15) is 4.57 Å². The molecule has 0 aromatic heterocycles. The second kappa shape index (κ2) is 8.02. The Bertz CT molecular complexity index is 553. The Balaban J connectivity index is 2.10. The van der Waals surface area contributed by atoms with E-state index >= 15 is 0 Å². The molecule has 0 saturated carbocycles. The molecule has 0 atom stereocenters. The number of phosphoric ester groups is 1. The summed E-state index contributed by atoms with van der Waals surface area (Å²) in [7, 11) is -3.72. The monoisotopic (exact) mass is 320 g/mol. The summed E-state index contributed by atoms with van der Waals surface area (Å²) in [6, 6.07) is 17.8. The third kappa shape index (κ3) is 5.55. The third-order valence-corrected chi connectivity index (χ3v) is 4.23. The molecule has 5 heteroatoms. The van der Waals surface area contributed by atoms with Crippen molar-refractivity contribution in [3.05, 3.63) is 60.7 Å². The van der Waals surface area contributed by atoms with E-state index in [0.29, 0.717) is 24.0 Å². The normalized spacial score (nSPS) is 11.4. The van der Waals surface area contributed by atoms with Crippen molar-refractivity contribution in [3.8, 4) is 11.5 Å². The average molecular weight is 320 g/mol. The maximum Gasteiger partial charge on any atom is 0.587 e. The Morgan fingerprint density at radius 2 is 1.32 bits per heavy atom. The highest BCUT2D eigenvalue weighted by Gasteiger charge is 2.30. The first kappa shape index (κ1) is 16.6. The summed E-state index contributed by atoms with van der Waals surface area (Å²) in [5, 5.41) is 0. The molecule has 4 nitrogen and oxygen atoms in total. The lowest BCUT2D eigenvalue weighted by molar-refractivity contribution is 0.199. The van der Waals surface area contributed by atoms with E-state index in [1.54, 1.807) is 48.5 Å². The van der Waals surface area contributed by atoms with Crippen LogP contribution in [0.3, 0.4) is 0 Å². The average Bonchev–Trinajstić information content (AvgIpc) is 2.48. The molecular weight excluding hydrogens is 299 g/mol. The van der Waals surface area contributed by atoms with Crippen LogP contribution in [0.15, 0.2) is 60.7 Å². The number of hydrogen-bond donors (Lipinski definition) is 0. The molecule has 0 radical (unpaired) electrons. The fourth-order valence-corrected chi connectivity index (χ4v) is 2.92. The van der Waals surface area contributed by atoms with Crippen LogP contribution in [0, 0.1) is 5.92 Å². The van der Waals surface area contributed by atoms with Crippen molar-refractivity contribution in [2.75, 3.05) is 6.61 Å². The summed E-state index contributed by atoms with van der Waals surface area (Å²) in [5.74, 6) is 1.35. The van der Waals surface area contributed by atoms with Gasteiger partial charge in [0.1, 0.15) is 11.5 Å². The fraction of sp³-hybridized carbons (Fsp3) is 0.294.